The molecule has 0 spiro atoms. The summed E-state index contributed by atoms with van der Waals surface area (Å²) >= 11 is 0. The second-order valence-corrected chi connectivity index (χ2v) is 6.57. The van der Waals surface area contributed by atoms with E-state index in [0.717, 1.165) is 31.9 Å². The van der Waals surface area contributed by atoms with Crippen molar-refractivity contribution < 1.29 is 14.3 Å². The van der Waals surface area contributed by atoms with E-state index in [4.69, 9.17) is 4.74 Å². The Morgan fingerprint density at radius 1 is 1.11 bits per heavy atom. The van der Waals surface area contributed by atoms with E-state index in [1.54, 1.807) is 36.7 Å². The molecule has 2 N–H and O–H groups in total. The highest BCUT2D eigenvalue weighted by Crippen LogP contribution is 2.23. The monoisotopic (exact) mass is 383 g/mol. The number of anilines is 2. The van der Waals surface area contributed by atoms with Crippen LogP contribution in [0.1, 0.15) is 19.8 Å². The predicted molar refractivity (Wildman–Crippen MR) is 106 cm³/mol. The number of ether oxygens (including phenoxy) is 1. The molecule has 0 bridgehead atoms. The van der Waals surface area contributed by atoms with Crippen molar-refractivity contribution in [3.8, 4) is 5.75 Å². The van der Waals surface area contributed by atoms with Crippen LogP contribution < -0.4 is 20.3 Å². The first-order chi connectivity index (χ1) is 13.7. The zero-order valence-corrected chi connectivity index (χ0v) is 15.9. The second kappa shape index (κ2) is 9.68. The Hall–Kier alpha value is -3.16. The number of para-hydroxylation sites is 2. The molecule has 28 heavy (non-hydrogen) atoms. The zero-order chi connectivity index (χ0) is 19.8. The van der Waals surface area contributed by atoms with Crippen LogP contribution in [-0.4, -0.2) is 48.0 Å². The molecule has 0 aliphatic carbocycles. The van der Waals surface area contributed by atoms with Gasteiger partial charge < -0.3 is 20.3 Å². The topological polar surface area (TPSA) is 96.4 Å². The van der Waals surface area contributed by atoms with E-state index in [9.17, 15) is 9.59 Å². The first-order valence-electron chi connectivity index (χ1n) is 9.50. The highest BCUT2D eigenvalue weighted by Gasteiger charge is 2.22. The van der Waals surface area contributed by atoms with E-state index < -0.39 is 11.8 Å². The number of hydrogen-bond acceptors (Lipinski definition) is 6. The average Bonchev–Trinajstić information content (AvgIpc) is 2.74. The summed E-state index contributed by atoms with van der Waals surface area (Å²) in [6, 6.07) is 8.84. The summed E-state index contributed by atoms with van der Waals surface area (Å²) < 4.78 is 5.46. The van der Waals surface area contributed by atoms with Crippen LogP contribution in [0.3, 0.4) is 0 Å². The van der Waals surface area contributed by atoms with Crippen molar-refractivity contribution in [3.63, 3.8) is 0 Å². The highest BCUT2D eigenvalue weighted by atomic mass is 16.5. The van der Waals surface area contributed by atoms with E-state index >= 15 is 0 Å². The van der Waals surface area contributed by atoms with E-state index in [1.807, 2.05) is 13.0 Å². The molecule has 8 nitrogen and oxygen atoms in total. The minimum atomic E-state index is -0.692. The van der Waals surface area contributed by atoms with Crippen LogP contribution in [-0.2, 0) is 9.59 Å². The third kappa shape index (κ3) is 5.18. The van der Waals surface area contributed by atoms with Gasteiger partial charge in [-0.15, -0.1) is 0 Å². The lowest BCUT2D eigenvalue weighted by atomic mass is 9.97. The minimum Gasteiger partial charge on any atom is -0.492 e. The number of benzene rings is 1. The maximum absolute atomic E-state index is 12.2. The smallest absolute Gasteiger partial charge is 0.313 e. The van der Waals surface area contributed by atoms with Gasteiger partial charge in [-0.1, -0.05) is 12.1 Å². The van der Waals surface area contributed by atoms with E-state index in [0.29, 0.717) is 30.5 Å². The number of piperidine rings is 1. The number of carbonyl (C=O) groups is 2. The van der Waals surface area contributed by atoms with Gasteiger partial charge in [-0.2, -0.15) is 0 Å². The summed E-state index contributed by atoms with van der Waals surface area (Å²) in [7, 11) is 0. The second-order valence-electron chi connectivity index (χ2n) is 6.57. The average molecular weight is 383 g/mol. The molecule has 0 radical (unpaired) electrons. The molecule has 1 aliphatic rings. The number of rotatable bonds is 6. The summed E-state index contributed by atoms with van der Waals surface area (Å²) in [5.41, 5.74) is 0.487. The van der Waals surface area contributed by atoms with Crippen molar-refractivity contribution in [2.24, 2.45) is 5.92 Å². The van der Waals surface area contributed by atoms with Crippen LogP contribution >= 0.6 is 0 Å². The molecule has 0 unspecified atom stereocenters. The predicted octanol–water partition coefficient (Wildman–Crippen LogP) is 1.85. The lowest BCUT2D eigenvalue weighted by molar-refractivity contribution is -0.136. The van der Waals surface area contributed by atoms with Gasteiger partial charge in [0.15, 0.2) is 0 Å². The van der Waals surface area contributed by atoms with Crippen LogP contribution in [0, 0.1) is 5.92 Å². The molecule has 1 aliphatic heterocycles. The number of hydrogen-bond donors (Lipinski definition) is 2. The SMILES string of the molecule is CCOc1ccccc1NC(=O)C(=O)NCC1CCN(c2ncccn2)CC1. The molecule has 2 aromatic rings. The zero-order valence-electron chi connectivity index (χ0n) is 15.9. The Bertz CT molecular complexity index is 791. The van der Waals surface area contributed by atoms with Gasteiger partial charge in [-0.3, -0.25) is 9.59 Å². The molecule has 148 valence electrons. The van der Waals surface area contributed by atoms with E-state index in [2.05, 4.69) is 25.5 Å². The number of aromatic nitrogens is 2. The van der Waals surface area contributed by atoms with Gasteiger partial charge in [0.1, 0.15) is 5.75 Å². The van der Waals surface area contributed by atoms with E-state index in [1.165, 1.54) is 0 Å². The summed E-state index contributed by atoms with van der Waals surface area (Å²) in [5, 5.41) is 5.35. The molecule has 2 amide bonds. The van der Waals surface area contributed by atoms with Crippen LogP contribution in [0.5, 0.6) is 5.75 Å². The Kier molecular flexibility index (Phi) is 6.78. The fourth-order valence-electron chi connectivity index (χ4n) is 3.14. The minimum absolute atomic E-state index is 0.326. The van der Waals surface area contributed by atoms with Gasteiger partial charge in [0.2, 0.25) is 5.95 Å². The van der Waals surface area contributed by atoms with Crippen LogP contribution in [0.2, 0.25) is 0 Å². The summed E-state index contributed by atoms with van der Waals surface area (Å²) in [6.07, 6.45) is 5.29. The fraction of sp³-hybridized carbons (Fsp3) is 0.400. The van der Waals surface area contributed by atoms with Crippen LogP contribution in [0.4, 0.5) is 11.6 Å². The number of amides is 2. The maximum Gasteiger partial charge on any atom is 0.313 e. The summed E-state index contributed by atoms with van der Waals surface area (Å²) in [5.74, 6) is 0.272. The Balaban J connectivity index is 1.44. The first-order valence-corrected chi connectivity index (χ1v) is 9.50. The van der Waals surface area contributed by atoms with E-state index in [-0.39, 0.29) is 0 Å². The number of nitrogens with zero attached hydrogens (tertiary/aromatic N) is 3. The third-order valence-corrected chi connectivity index (χ3v) is 4.64. The number of carbonyl (C=O) groups excluding carboxylic acids is 2. The lowest BCUT2D eigenvalue weighted by Gasteiger charge is -2.31. The Labute approximate surface area is 164 Å². The fourth-order valence-corrected chi connectivity index (χ4v) is 3.14. The van der Waals surface area contributed by atoms with Gasteiger partial charge in [-0.25, -0.2) is 9.97 Å². The molecular weight excluding hydrogens is 358 g/mol. The molecule has 1 aromatic carbocycles. The molecule has 1 aromatic heterocycles. The summed E-state index contributed by atoms with van der Waals surface area (Å²) in [6.45, 7) is 4.48. The molecule has 0 saturated carbocycles. The Morgan fingerprint density at radius 3 is 2.54 bits per heavy atom. The van der Waals surface area contributed by atoms with Crippen molar-refractivity contribution in [3.05, 3.63) is 42.7 Å². The molecule has 3 rings (SSSR count). The van der Waals surface area contributed by atoms with Crippen molar-refractivity contribution in [2.75, 3.05) is 36.5 Å². The van der Waals surface area contributed by atoms with Crippen molar-refractivity contribution in [1.29, 1.82) is 0 Å². The highest BCUT2D eigenvalue weighted by molar-refractivity contribution is 6.39. The van der Waals surface area contributed by atoms with Gasteiger partial charge in [0.05, 0.1) is 12.3 Å². The third-order valence-electron chi connectivity index (χ3n) is 4.64. The first kappa shape index (κ1) is 19.6. The Morgan fingerprint density at radius 2 is 1.82 bits per heavy atom. The standard InChI is InChI=1S/C20H25N5O3/c1-2-28-17-7-4-3-6-16(17)24-19(27)18(26)23-14-15-8-12-25(13-9-15)20-21-10-5-11-22-20/h3-7,10-11,15H,2,8-9,12-14H2,1H3,(H,23,26)(H,24,27). The van der Waals surface area contributed by atoms with Gasteiger partial charge in [0, 0.05) is 32.0 Å². The van der Waals surface area contributed by atoms with Crippen molar-refractivity contribution in [1.82, 2.24) is 15.3 Å². The summed E-state index contributed by atoms with van der Waals surface area (Å²) in [4.78, 5) is 35.0. The lowest BCUT2D eigenvalue weighted by Crippen LogP contribution is -2.42. The van der Waals surface area contributed by atoms with Gasteiger partial charge in [0.25, 0.3) is 0 Å². The number of nitrogens with one attached hydrogen (secondary N) is 2. The molecule has 2 heterocycles. The van der Waals surface area contributed by atoms with Gasteiger partial charge in [-0.05, 0) is 43.9 Å². The van der Waals surface area contributed by atoms with Crippen LogP contribution in [0.15, 0.2) is 42.7 Å². The van der Waals surface area contributed by atoms with Crippen LogP contribution in [0.25, 0.3) is 0 Å². The van der Waals surface area contributed by atoms with Gasteiger partial charge >= 0.3 is 11.8 Å². The molecule has 1 fully saturated rings. The molecule has 1 saturated heterocycles. The van der Waals surface area contributed by atoms with Crippen molar-refractivity contribution in [2.45, 2.75) is 19.8 Å². The quantitative estimate of drug-likeness (QED) is 0.739. The largest absolute Gasteiger partial charge is 0.492 e. The molecular formula is C20H25N5O3. The normalized spacial score (nSPS) is 14.4. The van der Waals surface area contributed by atoms with Crippen molar-refractivity contribution >= 4 is 23.5 Å². The molecule has 0 atom stereocenters. The maximum atomic E-state index is 12.2. The molecule has 8 heteroatoms.